The smallest absolute Gasteiger partial charge is 0.326 e. The average molecular weight is 257 g/mol. The number of carbonyl (C=O) groups excluding carboxylic acids is 2. The number of hydrogen-bond donors (Lipinski definition) is 2. The third-order valence-electron chi connectivity index (χ3n) is 3.19. The standard InChI is InChI=1S/C11H19N3O4/c1-7-4-5-14(9(7)10(16)17)11(18)13(3)6-8(15)12-2/h7,9H,4-6H2,1-3H3,(H,12,15)(H,16,17). The van der Waals surface area contributed by atoms with Crippen LogP contribution in [0.2, 0.25) is 0 Å². The van der Waals surface area contributed by atoms with Gasteiger partial charge in [-0.05, 0) is 12.3 Å². The Hall–Kier alpha value is -1.79. The zero-order chi connectivity index (χ0) is 13.9. The van der Waals surface area contributed by atoms with Crippen LogP contribution in [0.25, 0.3) is 0 Å². The summed E-state index contributed by atoms with van der Waals surface area (Å²) < 4.78 is 0. The lowest BCUT2D eigenvalue weighted by molar-refractivity contribution is -0.142. The Morgan fingerprint density at radius 2 is 2.06 bits per heavy atom. The fourth-order valence-corrected chi connectivity index (χ4v) is 2.12. The summed E-state index contributed by atoms with van der Waals surface area (Å²) in [5.74, 6) is -1.36. The Balaban J connectivity index is 2.71. The van der Waals surface area contributed by atoms with Gasteiger partial charge < -0.3 is 20.2 Å². The molecule has 0 aromatic rings. The zero-order valence-corrected chi connectivity index (χ0v) is 10.8. The minimum Gasteiger partial charge on any atom is -0.480 e. The first-order chi connectivity index (χ1) is 8.38. The van der Waals surface area contributed by atoms with Crippen molar-refractivity contribution in [2.24, 2.45) is 5.92 Å². The topological polar surface area (TPSA) is 90.0 Å². The Morgan fingerprint density at radius 1 is 1.44 bits per heavy atom. The highest BCUT2D eigenvalue weighted by molar-refractivity contribution is 5.87. The second kappa shape index (κ2) is 5.70. The van der Waals surface area contributed by atoms with Crippen molar-refractivity contribution in [2.75, 3.05) is 27.2 Å². The molecule has 18 heavy (non-hydrogen) atoms. The fraction of sp³-hybridized carbons (Fsp3) is 0.727. The first-order valence-corrected chi connectivity index (χ1v) is 5.83. The number of carboxylic acid groups (broad SMARTS) is 1. The summed E-state index contributed by atoms with van der Waals surface area (Å²) >= 11 is 0. The maximum absolute atomic E-state index is 12.1. The van der Waals surface area contributed by atoms with E-state index in [0.717, 1.165) is 0 Å². The van der Waals surface area contributed by atoms with Gasteiger partial charge in [0.1, 0.15) is 12.6 Å². The van der Waals surface area contributed by atoms with Crippen molar-refractivity contribution in [3.63, 3.8) is 0 Å². The van der Waals surface area contributed by atoms with E-state index in [1.807, 2.05) is 6.92 Å². The van der Waals surface area contributed by atoms with Crippen LogP contribution in [0, 0.1) is 5.92 Å². The Kier molecular flexibility index (Phi) is 4.52. The lowest BCUT2D eigenvalue weighted by atomic mass is 10.0. The van der Waals surface area contributed by atoms with Crippen LogP contribution in [0.4, 0.5) is 4.79 Å². The van der Waals surface area contributed by atoms with E-state index in [2.05, 4.69) is 5.32 Å². The molecule has 1 aliphatic heterocycles. The van der Waals surface area contributed by atoms with E-state index in [4.69, 9.17) is 5.11 Å². The van der Waals surface area contributed by atoms with E-state index in [-0.39, 0.29) is 18.4 Å². The third-order valence-corrected chi connectivity index (χ3v) is 3.19. The van der Waals surface area contributed by atoms with Crippen LogP contribution in [-0.2, 0) is 9.59 Å². The van der Waals surface area contributed by atoms with Gasteiger partial charge in [-0.2, -0.15) is 0 Å². The molecule has 1 fully saturated rings. The highest BCUT2D eigenvalue weighted by Gasteiger charge is 2.40. The second-order valence-electron chi connectivity index (χ2n) is 4.55. The van der Waals surface area contributed by atoms with Crippen molar-refractivity contribution in [1.82, 2.24) is 15.1 Å². The number of likely N-dealkylation sites (N-methyl/N-ethyl adjacent to an activating group) is 2. The maximum atomic E-state index is 12.1. The average Bonchev–Trinajstić information content (AvgIpc) is 2.69. The molecule has 1 aliphatic rings. The van der Waals surface area contributed by atoms with E-state index in [1.54, 1.807) is 0 Å². The molecule has 2 unspecified atom stereocenters. The molecule has 102 valence electrons. The van der Waals surface area contributed by atoms with Gasteiger partial charge in [0.15, 0.2) is 0 Å². The van der Waals surface area contributed by atoms with Crippen LogP contribution < -0.4 is 5.32 Å². The highest BCUT2D eigenvalue weighted by atomic mass is 16.4. The molecule has 0 bridgehead atoms. The van der Waals surface area contributed by atoms with E-state index in [0.29, 0.717) is 13.0 Å². The summed E-state index contributed by atoms with van der Waals surface area (Å²) in [4.78, 5) is 36.9. The highest BCUT2D eigenvalue weighted by Crippen LogP contribution is 2.24. The molecule has 3 amide bonds. The number of carboxylic acids is 1. The minimum atomic E-state index is -0.998. The van der Waals surface area contributed by atoms with Crippen molar-refractivity contribution in [3.05, 3.63) is 0 Å². The van der Waals surface area contributed by atoms with Crippen molar-refractivity contribution >= 4 is 17.9 Å². The molecule has 0 aliphatic carbocycles. The van der Waals surface area contributed by atoms with Gasteiger partial charge in [0.25, 0.3) is 0 Å². The Morgan fingerprint density at radius 3 is 2.56 bits per heavy atom. The van der Waals surface area contributed by atoms with Crippen LogP contribution >= 0.6 is 0 Å². The first kappa shape index (κ1) is 14.3. The number of rotatable bonds is 3. The van der Waals surface area contributed by atoms with Crippen LogP contribution in [0.3, 0.4) is 0 Å². The Bertz CT molecular complexity index is 358. The van der Waals surface area contributed by atoms with Crippen LogP contribution in [0.15, 0.2) is 0 Å². The summed E-state index contributed by atoms with van der Waals surface area (Å²) in [5.41, 5.74) is 0. The van der Waals surface area contributed by atoms with Crippen molar-refractivity contribution in [1.29, 1.82) is 0 Å². The largest absolute Gasteiger partial charge is 0.480 e. The number of hydrogen-bond acceptors (Lipinski definition) is 3. The molecule has 1 rings (SSSR count). The van der Waals surface area contributed by atoms with Gasteiger partial charge in [-0.25, -0.2) is 9.59 Å². The molecule has 2 atom stereocenters. The third kappa shape index (κ3) is 2.91. The monoisotopic (exact) mass is 257 g/mol. The predicted octanol–water partition coefficient (Wildman–Crippen LogP) is -0.421. The molecule has 0 aromatic carbocycles. The number of carbonyl (C=O) groups is 3. The van der Waals surface area contributed by atoms with Gasteiger partial charge in [0.2, 0.25) is 5.91 Å². The molecule has 2 N–H and O–H groups in total. The molecule has 0 radical (unpaired) electrons. The van der Waals surface area contributed by atoms with Gasteiger partial charge in [-0.3, -0.25) is 4.79 Å². The van der Waals surface area contributed by atoms with Crippen molar-refractivity contribution in [3.8, 4) is 0 Å². The van der Waals surface area contributed by atoms with Gasteiger partial charge in [-0.15, -0.1) is 0 Å². The van der Waals surface area contributed by atoms with Crippen LogP contribution in [-0.4, -0.2) is 66.0 Å². The number of urea groups is 1. The van der Waals surface area contributed by atoms with E-state index >= 15 is 0 Å². The number of nitrogens with one attached hydrogen (secondary N) is 1. The zero-order valence-electron chi connectivity index (χ0n) is 10.8. The van der Waals surface area contributed by atoms with E-state index in [9.17, 15) is 14.4 Å². The predicted molar refractivity (Wildman–Crippen MR) is 64.0 cm³/mol. The number of aliphatic carboxylic acids is 1. The second-order valence-corrected chi connectivity index (χ2v) is 4.55. The van der Waals surface area contributed by atoms with Crippen molar-refractivity contribution in [2.45, 2.75) is 19.4 Å². The van der Waals surface area contributed by atoms with Gasteiger partial charge in [-0.1, -0.05) is 6.92 Å². The molecule has 0 aromatic heterocycles. The fourth-order valence-electron chi connectivity index (χ4n) is 2.12. The normalized spacial score (nSPS) is 22.7. The van der Waals surface area contributed by atoms with E-state index in [1.165, 1.54) is 23.9 Å². The summed E-state index contributed by atoms with van der Waals surface area (Å²) in [6, 6.07) is -1.22. The Labute approximate surface area is 106 Å². The van der Waals surface area contributed by atoms with Crippen LogP contribution in [0.5, 0.6) is 0 Å². The summed E-state index contributed by atoms with van der Waals surface area (Å²) in [7, 11) is 2.97. The maximum Gasteiger partial charge on any atom is 0.326 e. The van der Waals surface area contributed by atoms with Gasteiger partial charge >= 0.3 is 12.0 Å². The van der Waals surface area contributed by atoms with E-state index < -0.39 is 18.0 Å². The van der Waals surface area contributed by atoms with Gasteiger partial charge in [0.05, 0.1) is 0 Å². The molecule has 1 saturated heterocycles. The minimum absolute atomic E-state index is 0.0696. The molecule has 1 heterocycles. The van der Waals surface area contributed by atoms with Crippen molar-refractivity contribution < 1.29 is 19.5 Å². The summed E-state index contributed by atoms with van der Waals surface area (Å²) in [6.45, 7) is 2.15. The molecule has 0 spiro atoms. The number of amides is 3. The lowest BCUT2D eigenvalue weighted by Crippen LogP contribution is -2.50. The molecular weight excluding hydrogens is 238 g/mol. The van der Waals surface area contributed by atoms with Crippen LogP contribution in [0.1, 0.15) is 13.3 Å². The quantitative estimate of drug-likeness (QED) is 0.718. The molecule has 0 saturated carbocycles. The summed E-state index contributed by atoms with van der Waals surface area (Å²) in [6.07, 6.45) is 0.663. The molecule has 7 nitrogen and oxygen atoms in total. The first-order valence-electron chi connectivity index (χ1n) is 5.83. The number of nitrogens with zero attached hydrogens (tertiary/aromatic N) is 2. The molecule has 7 heteroatoms. The van der Waals surface area contributed by atoms with Gasteiger partial charge in [0, 0.05) is 20.6 Å². The lowest BCUT2D eigenvalue weighted by Gasteiger charge is -2.28. The molecular formula is C11H19N3O4. The number of likely N-dealkylation sites (tertiary alicyclic amines) is 1. The SMILES string of the molecule is CNC(=O)CN(C)C(=O)N1CCC(C)C1C(=O)O. The summed E-state index contributed by atoms with van der Waals surface area (Å²) in [5, 5.41) is 11.5.